The van der Waals surface area contributed by atoms with Crippen molar-refractivity contribution >= 4 is 16.1 Å². The smallest absolute Gasteiger partial charge is 0.310 e. The van der Waals surface area contributed by atoms with Gasteiger partial charge in [-0.1, -0.05) is 38.1 Å². The van der Waals surface area contributed by atoms with Crippen LogP contribution in [0.2, 0.25) is 0 Å². The number of hydrogen-bond donors (Lipinski definition) is 0. The van der Waals surface area contributed by atoms with Crippen molar-refractivity contribution in [1.82, 2.24) is 0 Å². The zero-order valence-electron chi connectivity index (χ0n) is 15.7. The van der Waals surface area contributed by atoms with Gasteiger partial charge in [0.05, 0.1) is 19.8 Å². The highest BCUT2D eigenvalue weighted by molar-refractivity contribution is 7.86. The van der Waals surface area contributed by atoms with Gasteiger partial charge in [-0.25, -0.2) is 4.39 Å². The number of rotatable bonds is 3. The van der Waals surface area contributed by atoms with Gasteiger partial charge < -0.3 is 13.7 Å². The van der Waals surface area contributed by atoms with E-state index in [1.807, 2.05) is 13.8 Å². The van der Waals surface area contributed by atoms with Crippen molar-refractivity contribution in [2.75, 3.05) is 13.4 Å². The maximum Gasteiger partial charge on any atom is 0.310 e. The molecule has 0 radical (unpaired) electrons. The molecule has 0 N–H and O–H groups in total. The fourth-order valence-corrected chi connectivity index (χ4v) is 2.63. The van der Waals surface area contributed by atoms with Gasteiger partial charge in [0.1, 0.15) is 12.4 Å². The molecular weight excluding hydrogens is 375 g/mol. The molecule has 0 amide bonds. The first-order valence-electron chi connectivity index (χ1n) is 8.24. The summed E-state index contributed by atoms with van der Waals surface area (Å²) in [5, 5.41) is 0. The highest BCUT2D eigenvalue weighted by Gasteiger charge is 2.25. The zero-order chi connectivity index (χ0) is 20.4. The fraction of sp³-hybridized carbons (Fsp3) is 0.316. The fourth-order valence-electron chi connectivity index (χ4n) is 2.15. The number of methoxy groups -OCH3 is 1. The van der Waals surface area contributed by atoms with E-state index in [0.717, 1.165) is 6.26 Å². The molecule has 1 aliphatic rings. The summed E-state index contributed by atoms with van der Waals surface area (Å²) in [6.45, 7) is 3.98. The molecule has 0 saturated carbocycles. The number of esters is 1. The molecule has 27 heavy (non-hydrogen) atoms. The first-order valence-corrected chi connectivity index (χ1v) is 10.1. The molecule has 0 aliphatic carbocycles. The van der Waals surface area contributed by atoms with E-state index in [0.29, 0.717) is 11.1 Å². The molecule has 0 spiro atoms. The molecule has 6 nitrogen and oxygen atoms in total. The van der Waals surface area contributed by atoms with Crippen molar-refractivity contribution in [3.05, 3.63) is 59.4 Å². The number of fused-ring (bicyclic) bond motifs is 1. The molecule has 0 unspecified atom stereocenters. The van der Waals surface area contributed by atoms with Crippen LogP contribution in [-0.4, -0.2) is 27.8 Å². The van der Waals surface area contributed by atoms with Gasteiger partial charge in [0.2, 0.25) is 0 Å². The van der Waals surface area contributed by atoms with Crippen LogP contribution in [0.3, 0.4) is 0 Å². The van der Waals surface area contributed by atoms with E-state index >= 15 is 0 Å². The molecule has 148 valence electrons. The quantitative estimate of drug-likeness (QED) is 0.582. The molecule has 0 aromatic heterocycles. The molecule has 0 fully saturated rings. The highest BCUT2D eigenvalue weighted by atomic mass is 32.2. The molecule has 0 bridgehead atoms. The summed E-state index contributed by atoms with van der Waals surface area (Å²) in [5.74, 6) is -0.150. The van der Waals surface area contributed by atoms with Crippen molar-refractivity contribution in [3.8, 4) is 11.5 Å². The van der Waals surface area contributed by atoms with Gasteiger partial charge in [0, 0.05) is 5.56 Å². The normalized spacial score (nSPS) is 12.3. The van der Waals surface area contributed by atoms with Crippen LogP contribution in [0.15, 0.2) is 42.5 Å². The number of benzene rings is 2. The van der Waals surface area contributed by atoms with Crippen LogP contribution in [0, 0.1) is 5.82 Å². The van der Waals surface area contributed by atoms with E-state index in [1.165, 1.54) is 19.2 Å². The minimum Gasteiger partial charge on any atom is -0.493 e. The third-order valence-corrected chi connectivity index (χ3v) is 3.69. The van der Waals surface area contributed by atoms with Crippen LogP contribution in [0.1, 0.15) is 25.0 Å². The first kappa shape index (κ1) is 22.4. The number of hydrogen-bond acceptors (Lipinski definition) is 6. The number of carbonyl (C=O) groups is 1. The second kappa shape index (κ2) is 10.5. The summed E-state index contributed by atoms with van der Waals surface area (Å²) in [6, 6.07) is 11.2. The molecule has 0 atom stereocenters. The topological polar surface area (TPSA) is 78.9 Å². The number of ether oxygens (including phenoxy) is 2. The molecule has 3 rings (SSSR count). The maximum atomic E-state index is 11.9. The van der Waals surface area contributed by atoms with Gasteiger partial charge in [-0.3, -0.25) is 4.79 Å². The average molecular weight is 398 g/mol. The Bertz CT molecular complexity index is 850. The molecule has 0 saturated heterocycles. The second-order valence-electron chi connectivity index (χ2n) is 5.16. The summed E-state index contributed by atoms with van der Waals surface area (Å²) in [6.07, 6.45) is 1.04. The van der Waals surface area contributed by atoms with E-state index in [9.17, 15) is 17.6 Å². The third kappa shape index (κ3) is 7.26. The summed E-state index contributed by atoms with van der Waals surface area (Å²) in [5.41, 5.74) is 1.21. The van der Waals surface area contributed by atoms with E-state index in [1.54, 1.807) is 30.3 Å². The largest absolute Gasteiger partial charge is 0.493 e. The Labute approximate surface area is 159 Å². The standard InChI is InChI=1S/C11H12O6S.C6H5F.C2H6/c1-15-9-4-3-7-5-10(12)16-6-8(7)11(9)17-18(2,13)14;7-6-4-2-1-3-5-6;1-2/h3-4H,5-6H2,1-2H3;1-5H;1-2H3. The lowest BCUT2D eigenvalue weighted by atomic mass is 10.0. The van der Waals surface area contributed by atoms with Crippen LogP contribution in [0.5, 0.6) is 11.5 Å². The van der Waals surface area contributed by atoms with Crippen LogP contribution < -0.4 is 8.92 Å². The van der Waals surface area contributed by atoms with E-state index in [4.69, 9.17) is 13.7 Å². The monoisotopic (exact) mass is 398 g/mol. The summed E-state index contributed by atoms with van der Waals surface area (Å²) in [7, 11) is -2.27. The van der Waals surface area contributed by atoms with Crippen molar-refractivity contribution in [3.63, 3.8) is 0 Å². The summed E-state index contributed by atoms with van der Waals surface area (Å²) < 4.78 is 49.2. The van der Waals surface area contributed by atoms with Gasteiger partial charge >= 0.3 is 16.1 Å². The Kier molecular flexibility index (Phi) is 8.74. The van der Waals surface area contributed by atoms with Crippen molar-refractivity contribution < 1.29 is 31.3 Å². The predicted molar refractivity (Wildman–Crippen MR) is 99.7 cm³/mol. The molecule has 2 aromatic carbocycles. The Hall–Kier alpha value is -2.61. The minimum absolute atomic E-state index is 0.0176. The number of halogens is 1. The number of cyclic esters (lactones) is 1. The Morgan fingerprint density at radius 2 is 1.70 bits per heavy atom. The van der Waals surface area contributed by atoms with Crippen molar-refractivity contribution in [2.24, 2.45) is 0 Å². The van der Waals surface area contributed by atoms with Gasteiger partial charge in [-0.15, -0.1) is 0 Å². The third-order valence-electron chi connectivity index (χ3n) is 3.22. The number of carbonyl (C=O) groups excluding carboxylic acids is 1. The zero-order valence-corrected chi connectivity index (χ0v) is 16.5. The van der Waals surface area contributed by atoms with E-state index < -0.39 is 10.1 Å². The summed E-state index contributed by atoms with van der Waals surface area (Å²) >= 11 is 0. The Morgan fingerprint density at radius 1 is 1.07 bits per heavy atom. The second-order valence-corrected chi connectivity index (χ2v) is 6.73. The average Bonchev–Trinajstić information content (AvgIpc) is 2.63. The molecule has 1 heterocycles. The van der Waals surface area contributed by atoms with Crippen LogP contribution in [-0.2, 0) is 32.7 Å². The summed E-state index contributed by atoms with van der Waals surface area (Å²) in [4.78, 5) is 11.2. The molecule has 1 aliphatic heterocycles. The van der Waals surface area contributed by atoms with Crippen LogP contribution in [0.4, 0.5) is 4.39 Å². The molecule has 2 aromatic rings. The lowest BCUT2D eigenvalue weighted by molar-refractivity contribution is -0.145. The van der Waals surface area contributed by atoms with E-state index in [-0.39, 0.29) is 36.3 Å². The van der Waals surface area contributed by atoms with E-state index in [2.05, 4.69) is 0 Å². The lowest BCUT2D eigenvalue weighted by Gasteiger charge is -2.20. The molecule has 8 heteroatoms. The lowest BCUT2D eigenvalue weighted by Crippen LogP contribution is -2.18. The molecular formula is C19H23FO6S. The van der Waals surface area contributed by atoms with Gasteiger partial charge in [-0.2, -0.15) is 8.42 Å². The predicted octanol–water partition coefficient (Wildman–Crippen LogP) is 3.48. The van der Waals surface area contributed by atoms with Crippen molar-refractivity contribution in [1.29, 1.82) is 0 Å². The SMILES string of the molecule is CC.COc1ccc2c(c1OS(C)(=O)=O)COC(=O)C2.Fc1ccccc1. The van der Waals surface area contributed by atoms with Crippen LogP contribution in [0.25, 0.3) is 0 Å². The minimum atomic E-state index is -3.68. The maximum absolute atomic E-state index is 11.9. The Balaban J connectivity index is 0.000000338. The van der Waals surface area contributed by atoms with Gasteiger partial charge in [0.25, 0.3) is 0 Å². The first-order chi connectivity index (χ1) is 12.8. The van der Waals surface area contributed by atoms with Crippen molar-refractivity contribution in [2.45, 2.75) is 26.9 Å². The highest BCUT2D eigenvalue weighted by Crippen LogP contribution is 2.37. The van der Waals surface area contributed by atoms with Crippen LogP contribution >= 0.6 is 0 Å². The Morgan fingerprint density at radius 3 is 2.19 bits per heavy atom. The van der Waals surface area contributed by atoms with Gasteiger partial charge in [0.15, 0.2) is 11.5 Å². The van der Waals surface area contributed by atoms with Gasteiger partial charge in [-0.05, 0) is 23.8 Å².